The van der Waals surface area contributed by atoms with Crippen LogP contribution in [0.3, 0.4) is 0 Å². The number of hydrogen-bond donors (Lipinski definition) is 1. The van der Waals surface area contributed by atoms with Crippen molar-refractivity contribution in [2.45, 2.75) is 0 Å². The number of nitrogens with zero attached hydrogens (tertiary/aromatic N) is 2. The lowest BCUT2D eigenvalue weighted by molar-refractivity contribution is -0.144. The largest absolute Gasteiger partial charge is 0.332 e. The van der Waals surface area contributed by atoms with Crippen LogP contribution in [-0.4, -0.2) is 60.6 Å². The molecule has 2 amide bonds. The Kier molecular flexibility index (Phi) is 5.06. The Morgan fingerprint density at radius 3 is 2.23 bits per heavy atom. The number of hydrogen-bond acceptors (Lipinski definition) is 4. The van der Waals surface area contributed by atoms with Gasteiger partial charge in [0.05, 0.1) is 0 Å². The van der Waals surface area contributed by atoms with Gasteiger partial charge in [-0.1, -0.05) is 6.58 Å². The molecule has 6 heteroatoms. The highest BCUT2D eigenvalue weighted by atomic mass is 16.2. The number of ketones is 1. The monoisotopic (exact) mass is 301 g/mol. The molecular weight excluding hydrogens is 282 g/mol. The molecule has 116 valence electrons. The maximum Gasteiger partial charge on any atom is 0.313 e. The number of carbonyl (C=O) groups is 3. The third kappa shape index (κ3) is 3.79. The molecule has 6 nitrogen and oxygen atoms in total. The smallest absolute Gasteiger partial charge is 0.313 e. The lowest BCUT2D eigenvalue weighted by Crippen LogP contribution is -2.50. The van der Waals surface area contributed by atoms with Gasteiger partial charge in [0.25, 0.3) is 0 Å². The van der Waals surface area contributed by atoms with Crippen molar-refractivity contribution < 1.29 is 14.4 Å². The van der Waals surface area contributed by atoms with E-state index in [1.165, 1.54) is 6.08 Å². The van der Waals surface area contributed by atoms with E-state index in [4.69, 9.17) is 0 Å². The fourth-order valence-electron chi connectivity index (χ4n) is 2.17. The summed E-state index contributed by atoms with van der Waals surface area (Å²) >= 11 is 0. The highest BCUT2D eigenvalue weighted by Crippen LogP contribution is 2.11. The summed E-state index contributed by atoms with van der Waals surface area (Å²) < 4.78 is 0. The van der Waals surface area contributed by atoms with E-state index in [1.807, 2.05) is 7.05 Å². The second kappa shape index (κ2) is 7.00. The predicted molar refractivity (Wildman–Crippen MR) is 83.7 cm³/mol. The number of rotatable bonds is 3. The molecule has 0 atom stereocenters. The predicted octanol–water partition coefficient (Wildman–Crippen LogP) is 0.768. The van der Waals surface area contributed by atoms with Gasteiger partial charge in [0.2, 0.25) is 0 Å². The van der Waals surface area contributed by atoms with Gasteiger partial charge in [0.1, 0.15) is 0 Å². The first-order chi connectivity index (χ1) is 10.5. The molecule has 1 aromatic rings. The van der Waals surface area contributed by atoms with Crippen molar-refractivity contribution in [1.29, 1.82) is 0 Å². The van der Waals surface area contributed by atoms with Crippen LogP contribution in [0.15, 0.2) is 36.9 Å². The molecule has 1 saturated heterocycles. The molecule has 2 rings (SSSR count). The van der Waals surface area contributed by atoms with Gasteiger partial charge in [-0.25, -0.2) is 0 Å². The average Bonchev–Trinajstić information content (AvgIpc) is 2.54. The van der Waals surface area contributed by atoms with Gasteiger partial charge in [-0.05, 0) is 37.4 Å². The Balaban J connectivity index is 1.95. The fourth-order valence-corrected chi connectivity index (χ4v) is 2.17. The topological polar surface area (TPSA) is 69.7 Å². The first-order valence-electron chi connectivity index (χ1n) is 7.07. The standard InChI is InChI=1S/C16H19N3O3/c1-3-14(20)12-4-6-13(7-5-12)17-15(21)16(22)19-10-8-18(2)9-11-19/h3-7H,1,8-11H2,2H3,(H,17,21). The molecule has 0 spiro atoms. The molecule has 22 heavy (non-hydrogen) atoms. The summed E-state index contributed by atoms with van der Waals surface area (Å²) in [4.78, 5) is 39.1. The number of piperazine rings is 1. The first-order valence-corrected chi connectivity index (χ1v) is 7.07. The second-order valence-corrected chi connectivity index (χ2v) is 5.20. The molecule has 1 fully saturated rings. The zero-order chi connectivity index (χ0) is 16.1. The Morgan fingerprint density at radius 2 is 1.68 bits per heavy atom. The van der Waals surface area contributed by atoms with Crippen molar-refractivity contribution in [3.63, 3.8) is 0 Å². The van der Waals surface area contributed by atoms with Crippen LogP contribution in [0.5, 0.6) is 0 Å². The molecule has 0 aliphatic carbocycles. The van der Waals surface area contributed by atoms with Crippen LogP contribution in [-0.2, 0) is 9.59 Å². The molecule has 1 heterocycles. The van der Waals surface area contributed by atoms with Crippen LogP contribution in [0.2, 0.25) is 0 Å². The van der Waals surface area contributed by atoms with Crippen molar-refractivity contribution in [1.82, 2.24) is 9.80 Å². The third-order valence-electron chi connectivity index (χ3n) is 3.60. The van der Waals surface area contributed by atoms with E-state index in [-0.39, 0.29) is 5.78 Å². The lowest BCUT2D eigenvalue weighted by Gasteiger charge is -2.31. The van der Waals surface area contributed by atoms with Crippen LogP contribution < -0.4 is 5.32 Å². The average molecular weight is 301 g/mol. The van der Waals surface area contributed by atoms with Gasteiger partial charge in [-0.3, -0.25) is 14.4 Å². The number of allylic oxidation sites excluding steroid dienone is 1. The van der Waals surface area contributed by atoms with Crippen LogP contribution in [0.25, 0.3) is 0 Å². The number of amides is 2. The summed E-state index contributed by atoms with van der Waals surface area (Å²) in [5.74, 6) is -1.38. The normalized spacial score (nSPS) is 15.2. The molecule has 1 aromatic carbocycles. The van der Waals surface area contributed by atoms with Gasteiger partial charge in [0, 0.05) is 37.4 Å². The van der Waals surface area contributed by atoms with E-state index in [1.54, 1.807) is 29.2 Å². The van der Waals surface area contributed by atoms with Gasteiger partial charge >= 0.3 is 11.8 Å². The summed E-state index contributed by atoms with van der Waals surface area (Å²) in [5.41, 5.74) is 0.964. The highest BCUT2D eigenvalue weighted by Gasteiger charge is 2.24. The minimum Gasteiger partial charge on any atom is -0.332 e. The van der Waals surface area contributed by atoms with Crippen LogP contribution >= 0.6 is 0 Å². The van der Waals surface area contributed by atoms with Gasteiger partial charge in [-0.2, -0.15) is 0 Å². The quantitative estimate of drug-likeness (QED) is 0.508. The minimum absolute atomic E-state index is 0.189. The summed E-state index contributed by atoms with van der Waals surface area (Å²) in [7, 11) is 1.98. The van der Waals surface area contributed by atoms with Gasteiger partial charge in [-0.15, -0.1) is 0 Å². The van der Waals surface area contributed by atoms with E-state index in [0.717, 1.165) is 13.1 Å². The minimum atomic E-state index is -0.660. The molecule has 0 bridgehead atoms. The number of carbonyl (C=O) groups excluding carboxylic acids is 3. The van der Waals surface area contributed by atoms with Gasteiger partial charge < -0.3 is 15.1 Å². The summed E-state index contributed by atoms with van der Waals surface area (Å²) in [6, 6.07) is 6.34. The Labute approximate surface area is 129 Å². The number of benzene rings is 1. The molecular formula is C16H19N3O3. The van der Waals surface area contributed by atoms with E-state index in [9.17, 15) is 14.4 Å². The fraction of sp³-hybridized carbons (Fsp3) is 0.312. The third-order valence-corrected chi connectivity index (χ3v) is 3.60. The van der Waals surface area contributed by atoms with E-state index >= 15 is 0 Å². The highest BCUT2D eigenvalue weighted by molar-refractivity contribution is 6.39. The maximum atomic E-state index is 12.1. The molecule has 1 N–H and O–H groups in total. The Hall–Kier alpha value is -2.47. The Bertz CT molecular complexity index is 587. The second-order valence-electron chi connectivity index (χ2n) is 5.20. The van der Waals surface area contributed by atoms with E-state index < -0.39 is 11.8 Å². The zero-order valence-electron chi connectivity index (χ0n) is 12.5. The van der Waals surface area contributed by atoms with Crippen molar-refractivity contribution >= 4 is 23.3 Å². The van der Waals surface area contributed by atoms with Gasteiger partial charge in [0.15, 0.2) is 5.78 Å². The molecule has 1 aliphatic heterocycles. The van der Waals surface area contributed by atoms with Crippen molar-refractivity contribution in [2.75, 3.05) is 38.5 Å². The Morgan fingerprint density at radius 1 is 1.09 bits per heavy atom. The van der Waals surface area contributed by atoms with Crippen LogP contribution in [0.4, 0.5) is 5.69 Å². The zero-order valence-corrected chi connectivity index (χ0v) is 12.5. The summed E-state index contributed by atoms with van der Waals surface area (Å²) in [6.07, 6.45) is 1.23. The van der Waals surface area contributed by atoms with Crippen LogP contribution in [0.1, 0.15) is 10.4 Å². The first kappa shape index (κ1) is 15.9. The van der Waals surface area contributed by atoms with E-state index in [0.29, 0.717) is 24.3 Å². The van der Waals surface area contributed by atoms with Crippen molar-refractivity contribution in [2.24, 2.45) is 0 Å². The number of nitrogens with one attached hydrogen (secondary N) is 1. The summed E-state index contributed by atoms with van der Waals surface area (Å²) in [6.45, 7) is 6.04. The lowest BCUT2D eigenvalue weighted by atomic mass is 10.1. The summed E-state index contributed by atoms with van der Waals surface area (Å²) in [5, 5.41) is 2.55. The molecule has 0 radical (unpaired) electrons. The van der Waals surface area contributed by atoms with Crippen LogP contribution in [0, 0.1) is 0 Å². The SMILES string of the molecule is C=CC(=O)c1ccc(NC(=O)C(=O)N2CCN(C)CC2)cc1. The molecule has 0 saturated carbocycles. The van der Waals surface area contributed by atoms with E-state index in [2.05, 4.69) is 16.8 Å². The molecule has 0 aromatic heterocycles. The maximum absolute atomic E-state index is 12.1. The molecule has 0 unspecified atom stereocenters. The molecule has 1 aliphatic rings. The number of anilines is 1. The van der Waals surface area contributed by atoms with Crippen molar-refractivity contribution in [3.8, 4) is 0 Å². The number of likely N-dealkylation sites (N-methyl/N-ethyl adjacent to an activating group) is 1. The van der Waals surface area contributed by atoms with Crippen molar-refractivity contribution in [3.05, 3.63) is 42.5 Å².